The van der Waals surface area contributed by atoms with E-state index in [1.807, 2.05) is 27.5 Å². The number of carbonyl (C=O) groups is 4. The lowest BCUT2D eigenvalue weighted by Gasteiger charge is -2.49. The molecule has 2 unspecified atom stereocenters. The second kappa shape index (κ2) is 11.7. The monoisotopic (exact) mass is 661 g/mol. The van der Waals surface area contributed by atoms with Gasteiger partial charge in [-0.1, -0.05) is 28.1 Å². The summed E-state index contributed by atoms with van der Waals surface area (Å²) in [6, 6.07) is 3.02. The second-order valence-electron chi connectivity index (χ2n) is 10.2. The maximum atomic E-state index is 13.3. The van der Waals surface area contributed by atoms with Crippen molar-refractivity contribution in [3.63, 3.8) is 0 Å². The van der Waals surface area contributed by atoms with Crippen LogP contribution in [0.25, 0.3) is 11.2 Å². The highest BCUT2D eigenvalue weighted by molar-refractivity contribution is 8.00. The number of anilines is 2. The number of thiazole rings is 1. The SMILES string of the molecule is C[C@H](O/N=C(\C(=O)NC1C(=O)N2C(C=O)=C(C[n+]3cccc4c3nc(N)n4C3CNC3)CSC12)c1nc(N)sc1Cl)C(=O)O. The second-order valence-corrected chi connectivity index (χ2v) is 12.9. The Kier molecular flexibility index (Phi) is 7.91. The Morgan fingerprint density at radius 3 is 2.80 bits per heavy atom. The van der Waals surface area contributed by atoms with Gasteiger partial charge in [-0.3, -0.25) is 23.9 Å². The van der Waals surface area contributed by atoms with E-state index in [0.717, 1.165) is 29.9 Å². The van der Waals surface area contributed by atoms with Gasteiger partial charge < -0.3 is 32.0 Å². The zero-order chi connectivity index (χ0) is 31.3. The predicted octanol–water partition coefficient (Wildman–Crippen LogP) is -0.511. The molecule has 0 aliphatic carbocycles. The van der Waals surface area contributed by atoms with Crippen molar-refractivity contribution in [3.8, 4) is 0 Å². The number of pyridine rings is 1. The van der Waals surface area contributed by atoms with Crippen LogP contribution in [-0.2, 0) is 30.6 Å². The number of amides is 2. The van der Waals surface area contributed by atoms with Crippen LogP contribution in [0.4, 0.5) is 11.1 Å². The Bertz CT molecular complexity index is 1770. The highest BCUT2D eigenvalue weighted by Crippen LogP contribution is 2.40. The third-order valence-corrected chi connectivity index (χ3v) is 9.84. The topological polar surface area (TPSA) is 224 Å². The normalized spacial score (nSPS) is 21.0. The molecule has 3 atom stereocenters. The number of β-lactam (4-membered cyclic amide) rings is 1. The molecule has 230 valence electrons. The summed E-state index contributed by atoms with van der Waals surface area (Å²) in [5.41, 5.74) is 13.8. The number of thioether (sulfide) groups is 1. The van der Waals surface area contributed by atoms with E-state index in [-0.39, 0.29) is 26.9 Å². The number of aromatic nitrogens is 4. The first-order valence-corrected chi connectivity index (χ1v) is 15.5. The average Bonchev–Trinajstić information content (AvgIpc) is 3.48. The number of oxime groups is 1. The standard InChI is InChI=1S/C25H25ClN10O6S2/c1-10(23(40)41)42-33-16(15-18(26)44-25(28)31-15)20(38)30-17-21(39)36-14(8-37)11(9-43-22(17)36)7-34-4-2-3-13-19(34)32-24(27)35(13)12-5-29-6-12/h2-4,8,10,12,17,22,27,29H,5-7,9H2,1H3,(H4,28,30,31,38,40,41)/p+1/b33-16-/t10-,17?,22?/m0/s1. The van der Waals surface area contributed by atoms with Crippen LogP contribution < -0.4 is 26.7 Å². The number of halogens is 1. The number of nitrogens with one attached hydrogen (secondary N) is 2. The maximum absolute atomic E-state index is 13.3. The van der Waals surface area contributed by atoms with Crippen LogP contribution in [0.15, 0.2) is 34.8 Å². The Morgan fingerprint density at radius 2 is 2.16 bits per heavy atom. The number of carboxylic acid groups (broad SMARTS) is 1. The minimum absolute atomic E-state index is 0.0239. The fraction of sp³-hybridized carbons (Fsp3) is 0.360. The lowest BCUT2D eigenvalue weighted by atomic mass is 10.0. The van der Waals surface area contributed by atoms with Crippen molar-refractivity contribution < 1.29 is 33.7 Å². The molecule has 6 rings (SSSR count). The molecule has 7 N–H and O–H groups in total. The Hall–Kier alpha value is -4.26. The lowest BCUT2D eigenvalue weighted by Crippen LogP contribution is -2.70. The summed E-state index contributed by atoms with van der Waals surface area (Å²) in [5.74, 6) is -1.90. The van der Waals surface area contributed by atoms with Crippen LogP contribution in [0.2, 0.25) is 4.34 Å². The van der Waals surface area contributed by atoms with Gasteiger partial charge >= 0.3 is 17.6 Å². The fourth-order valence-corrected chi connectivity index (χ4v) is 7.34. The smallest absolute Gasteiger partial charge is 0.351 e. The number of nitrogens with zero attached hydrogens (tertiary/aromatic N) is 6. The molecule has 3 aliphatic rings. The quantitative estimate of drug-likeness (QED) is 0.0609. The number of fused-ring (bicyclic) bond motifs is 2. The highest BCUT2D eigenvalue weighted by atomic mass is 35.5. The first-order chi connectivity index (χ1) is 21.1. The molecule has 2 fully saturated rings. The summed E-state index contributed by atoms with van der Waals surface area (Å²) in [4.78, 5) is 65.0. The Labute approximate surface area is 262 Å². The van der Waals surface area contributed by atoms with Crippen molar-refractivity contribution in [2.75, 3.05) is 30.3 Å². The first-order valence-electron chi connectivity index (χ1n) is 13.3. The molecule has 16 nitrogen and oxygen atoms in total. The van der Waals surface area contributed by atoms with Crippen molar-refractivity contribution in [3.05, 3.63) is 39.6 Å². The number of aldehydes is 1. The summed E-state index contributed by atoms with van der Waals surface area (Å²) in [6.45, 7) is 3.11. The van der Waals surface area contributed by atoms with Crippen LogP contribution >= 0.6 is 34.7 Å². The first kappa shape index (κ1) is 29.8. The summed E-state index contributed by atoms with van der Waals surface area (Å²) < 4.78 is 3.91. The van der Waals surface area contributed by atoms with Gasteiger partial charge in [-0.25, -0.2) is 14.3 Å². The van der Waals surface area contributed by atoms with Crippen molar-refractivity contribution in [2.24, 2.45) is 5.16 Å². The van der Waals surface area contributed by atoms with Crippen molar-refractivity contribution >= 4 is 86.7 Å². The molecule has 2 saturated heterocycles. The van der Waals surface area contributed by atoms with E-state index in [2.05, 4.69) is 25.8 Å². The van der Waals surface area contributed by atoms with Gasteiger partial charge in [0.25, 0.3) is 11.8 Å². The zero-order valence-corrected chi connectivity index (χ0v) is 25.4. The molecule has 0 aromatic carbocycles. The van der Waals surface area contributed by atoms with E-state index in [1.54, 1.807) is 0 Å². The number of aliphatic carboxylic acids is 1. The molecular formula is C25H26ClN10O6S2+. The van der Waals surface area contributed by atoms with Crippen LogP contribution in [0.5, 0.6) is 0 Å². The van der Waals surface area contributed by atoms with Crippen LogP contribution in [-0.4, -0.2) is 90.7 Å². The van der Waals surface area contributed by atoms with Crippen LogP contribution in [0, 0.1) is 0 Å². The number of allylic oxidation sites excluding steroid dienone is 1. The van der Waals surface area contributed by atoms with Gasteiger partial charge in [0.1, 0.15) is 33.5 Å². The van der Waals surface area contributed by atoms with Gasteiger partial charge in [0.15, 0.2) is 17.1 Å². The molecule has 0 spiro atoms. The molecule has 3 aromatic rings. The predicted molar refractivity (Wildman–Crippen MR) is 161 cm³/mol. The van der Waals surface area contributed by atoms with Crippen molar-refractivity contribution in [1.82, 2.24) is 30.1 Å². The molecule has 3 aromatic heterocycles. The molecule has 2 amide bonds. The number of imidazole rings is 1. The number of rotatable bonds is 10. The van der Waals surface area contributed by atoms with Crippen LogP contribution in [0.1, 0.15) is 18.7 Å². The van der Waals surface area contributed by atoms with Gasteiger partial charge in [0, 0.05) is 24.4 Å². The van der Waals surface area contributed by atoms with E-state index in [0.29, 0.717) is 35.8 Å². The molecule has 44 heavy (non-hydrogen) atoms. The maximum Gasteiger partial charge on any atom is 0.351 e. The van der Waals surface area contributed by atoms with Gasteiger partial charge in [-0.05, 0) is 24.0 Å². The Morgan fingerprint density at radius 1 is 1.39 bits per heavy atom. The third-order valence-electron chi connectivity index (χ3n) is 7.42. The minimum atomic E-state index is -1.38. The molecule has 0 saturated carbocycles. The zero-order valence-electron chi connectivity index (χ0n) is 23.0. The summed E-state index contributed by atoms with van der Waals surface area (Å²) in [6.07, 6.45) is 1.10. The lowest BCUT2D eigenvalue weighted by molar-refractivity contribution is -0.664. The van der Waals surface area contributed by atoms with Crippen LogP contribution in [0.3, 0.4) is 0 Å². The van der Waals surface area contributed by atoms with Gasteiger partial charge in [0.2, 0.25) is 6.10 Å². The number of nitrogens with two attached hydrogens (primary N) is 2. The van der Waals surface area contributed by atoms with E-state index in [9.17, 15) is 19.2 Å². The minimum Gasteiger partial charge on any atom is -0.478 e. The average molecular weight is 662 g/mol. The fourth-order valence-electron chi connectivity index (χ4n) is 5.06. The molecule has 6 heterocycles. The summed E-state index contributed by atoms with van der Waals surface area (Å²) in [7, 11) is 0. The number of hydrogen-bond acceptors (Lipinski definition) is 13. The van der Waals surface area contributed by atoms with Gasteiger partial charge in [-0.15, -0.1) is 11.8 Å². The van der Waals surface area contributed by atoms with Crippen molar-refractivity contribution in [2.45, 2.75) is 37.0 Å². The number of carboxylic acids is 1. The van der Waals surface area contributed by atoms with E-state index in [4.69, 9.17) is 33.0 Å². The summed E-state index contributed by atoms with van der Waals surface area (Å²) >= 11 is 8.44. The van der Waals surface area contributed by atoms with E-state index in [1.165, 1.54) is 23.6 Å². The summed E-state index contributed by atoms with van der Waals surface area (Å²) in [5, 5.41) is 18.1. The van der Waals surface area contributed by atoms with Gasteiger partial charge in [0.05, 0.1) is 17.9 Å². The van der Waals surface area contributed by atoms with Gasteiger partial charge in [-0.2, -0.15) is 0 Å². The molecule has 3 aliphatic heterocycles. The van der Waals surface area contributed by atoms with E-state index >= 15 is 0 Å². The molecule has 0 bridgehead atoms. The molecule has 0 radical (unpaired) electrons. The number of nitrogen functional groups attached to an aromatic ring is 2. The number of carbonyl (C=O) groups excluding carboxylic acids is 3. The number of hydrogen-bond donors (Lipinski definition) is 5. The Balaban J connectivity index is 1.22. The van der Waals surface area contributed by atoms with E-state index < -0.39 is 41.0 Å². The third kappa shape index (κ3) is 5.12. The molecule has 19 heteroatoms. The van der Waals surface area contributed by atoms with Crippen molar-refractivity contribution in [1.29, 1.82) is 0 Å². The molecular weight excluding hydrogens is 636 g/mol. The highest BCUT2D eigenvalue weighted by Gasteiger charge is 2.53. The largest absolute Gasteiger partial charge is 0.478 e.